The molecule has 0 saturated carbocycles. The third kappa shape index (κ3) is 3.79. The van der Waals surface area contributed by atoms with Gasteiger partial charge in [-0.25, -0.2) is 9.66 Å². The Hall–Kier alpha value is -2.02. The normalized spacial score (nSPS) is 11.1. The molecule has 0 atom stereocenters. The summed E-state index contributed by atoms with van der Waals surface area (Å²) in [6.07, 6.45) is 4.38. The van der Waals surface area contributed by atoms with Crippen LogP contribution in [-0.2, 0) is 0 Å². The monoisotopic (exact) mass is 366 g/mol. The summed E-state index contributed by atoms with van der Waals surface area (Å²) in [6, 6.07) is 3.73. The van der Waals surface area contributed by atoms with Gasteiger partial charge in [-0.3, -0.25) is 0 Å². The molecular weight excluding hydrogens is 348 g/mol. The van der Waals surface area contributed by atoms with Crippen molar-refractivity contribution in [3.8, 4) is 11.5 Å². The Morgan fingerprint density at radius 2 is 2.18 bits per heavy atom. The first-order valence-electron chi connectivity index (χ1n) is 6.91. The first-order valence-corrected chi connectivity index (χ1v) is 7.70. The summed E-state index contributed by atoms with van der Waals surface area (Å²) in [5.74, 6) is 1.71. The van der Waals surface area contributed by atoms with Crippen molar-refractivity contribution in [3.63, 3.8) is 0 Å². The Bertz CT molecular complexity index is 682. The van der Waals surface area contributed by atoms with Gasteiger partial charge in [0.1, 0.15) is 0 Å². The third-order valence-electron chi connectivity index (χ3n) is 2.90. The molecule has 1 aromatic heterocycles. The maximum Gasteiger partial charge on any atom is 0.221 e. The Kier molecular flexibility index (Phi) is 5.43. The Labute approximate surface area is 138 Å². The van der Waals surface area contributed by atoms with E-state index in [0.717, 1.165) is 22.2 Å². The van der Waals surface area contributed by atoms with Gasteiger partial charge in [0.25, 0.3) is 0 Å². The van der Waals surface area contributed by atoms with Crippen molar-refractivity contribution >= 4 is 28.1 Å². The van der Waals surface area contributed by atoms with E-state index in [1.54, 1.807) is 19.5 Å². The zero-order chi connectivity index (χ0) is 16.1. The number of nitrogens with zero attached hydrogens (tertiary/aromatic N) is 3. The van der Waals surface area contributed by atoms with Gasteiger partial charge in [0.15, 0.2) is 11.5 Å². The molecule has 0 aliphatic heterocycles. The molecule has 2 rings (SSSR count). The van der Waals surface area contributed by atoms with Crippen molar-refractivity contribution in [2.24, 2.45) is 5.10 Å². The minimum absolute atomic E-state index is 0.347. The highest BCUT2D eigenvalue weighted by Crippen LogP contribution is 2.33. The van der Waals surface area contributed by atoms with Gasteiger partial charge in [0.2, 0.25) is 5.95 Å². The second kappa shape index (κ2) is 7.31. The summed E-state index contributed by atoms with van der Waals surface area (Å²) >= 11 is 3.52. The highest BCUT2D eigenvalue weighted by Gasteiger charge is 2.09. The number of nitrogens with two attached hydrogens (primary N) is 1. The second-order valence-electron chi connectivity index (χ2n) is 4.70. The molecule has 2 N–H and O–H groups in total. The summed E-state index contributed by atoms with van der Waals surface area (Å²) in [5, 5.41) is 4.30. The lowest BCUT2D eigenvalue weighted by molar-refractivity contribution is 0.294. The molecule has 7 heteroatoms. The third-order valence-corrected chi connectivity index (χ3v) is 3.59. The van der Waals surface area contributed by atoms with Crippen LogP contribution in [0.1, 0.15) is 24.6 Å². The number of rotatable bonds is 6. The average Bonchev–Trinajstić information content (AvgIpc) is 2.81. The van der Waals surface area contributed by atoms with Gasteiger partial charge in [-0.15, -0.1) is 0 Å². The molecule has 0 bridgehead atoms. The van der Waals surface area contributed by atoms with Crippen molar-refractivity contribution in [2.45, 2.75) is 20.3 Å². The highest BCUT2D eigenvalue weighted by atomic mass is 79.9. The van der Waals surface area contributed by atoms with Crippen molar-refractivity contribution in [2.75, 3.05) is 19.5 Å². The number of hydrogen-bond acceptors (Lipinski definition) is 5. The van der Waals surface area contributed by atoms with Crippen LogP contribution >= 0.6 is 15.9 Å². The SMILES string of the molecule is CCCOc1cc(Br)c(C=Nn2cc(C)nc2N)cc1OC. The van der Waals surface area contributed by atoms with Crippen LogP contribution in [0.4, 0.5) is 5.95 Å². The Morgan fingerprint density at radius 1 is 1.41 bits per heavy atom. The standard InChI is InChI=1S/C15H19BrN4O2/c1-4-5-22-14-7-12(16)11(6-13(14)21-3)8-18-20-9-10(2)19-15(20)17/h6-9H,4-5H2,1-3H3,(H2,17,19). The average molecular weight is 367 g/mol. The largest absolute Gasteiger partial charge is 0.493 e. The van der Waals surface area contributed by atoms with E-state index in [1.165, 1.54) is 4.68 Å². The molecule has 0 spiro atoms. The zero-order valence-corrected chi connectivity index (χ0v) is 14.4. The fraction of sp³-hybridized carbons (Fsp3) is 0.333. The second-order valence-corrected chi connectivity index (χ2v) is 5.56. The maximum atomic E-state index is 5.76. The van der Waals surface area contributed by atoms with E-state index in [4.69, 9.17) is 15.2 Å². The number of nitrogen functional groups attached to an aromatic ring is 1. The summed E-state index contributed by atoms with van der Waals surface area (Å²) in [4.78, 5) is 4.10. The van der Waals surface area contributed by atoms with Gasteiger partial charge in [0.05, 0.1) is 31.8 Å². The van der Waals surface area contributed by atoms with Crippen molar-refractivity contribution in [1.29, 1.82) is 0 Å². The van der Waals surface area contributed by atoms with E-state index in [1.807, 2.05) is 19.1 Å². The molecule has 22 heavy (non-hydrogen) atoms. The predicted molar refractivity (Wildman–Crippen MR) is 90.8 cm³/mol. The van der Waals surface area contributed by atoms with Crippen LogP contribution in [0.3, 0.4) is 0 Å². The zero-order valence-electron chi connectivity index (χ0n) is 12.8. The molecule has 0 amide bonds. The first-order chi connectivity index (χ1) is 10.5. The first kappa shape index (κ1) is 16.4. The van der Waals surface area contributed by atoms with E-state index in [9.17, 15) is 0 Å². The van der Waals surface area contributed by atoms with Crippen LogP contribution in [0.5, 0.6) is 11.5 Å². The lowest BCUT2D eigenvalue weighted by atomic mass is 10.2. The lowest BCUT2D eigenvalue weighted by Crippen LogP contribution is -2.00. The quantitative estimate of drug-likeness (QED) is 0.796. The van der Waals surface area contributed by atoms with Gasteiger partial charge in [-0.05, 0) is 41.4 Å². The number of imidazole rings is 1. The topological polar surface area (TPSA) is 74.7 Å². The number of anilines is 1. The molecule has 0 aliphatic rings. The smallest absolute Gasteiger partial charge is 0.221 e. The predicted octanol–water partition coefficient (Wildman–Crippen LogP) is 3.22. The highest BCUT2D eigenvalue weighted by molar-refractivity contribution is 9.10. The van der Waals surface area contributed by atoms with E-state index in [-0.39, 0.29) is 0 Å². The van der Waals surface area contributed by atoms with Crippen LogP contribution in [0.25, 0.3) is 0 Å². The molecule has 0 radical (unpaired) electrons. The molecule has 6 nitrogen and oxygen atoms in total. The molecule has 0 aliphatic carbocycles. The fourth-order valence-corrected chi connectivity index (χ4v) is 2.28. The number of ether oxygens (including phenoxy) is 2. The molecular formula is C15H19BrN4O2. The molecule has 118 valence electrons. The minimum Gasteiger partial charge on any atom is -0.493 e. The van der Waals surface area contributed by atoms with Crippen molar-refractivity contribution in [1.82, 2.24) is 9.66 Å². The molecule has 1 heterocycles. The maximum absolute atomic E-state index is 5.76. The van der Waals surface area contributed by atoms with E-state index < -0.39 is 0 Å². The number of hydrogen-bond donors (Lipinski definition) is 1. The van der Waals surface area contributed by atoms with Gasteiger partial charge < -0.3 is 15.2 Å². The van der Waals surface area contributed by atoms with E-state index in [2.05, 4.69) is 32.9 Å². The molecule has 2 aromatic rings. The number of methoxy groups -OCH3 is 1. The molecule has 0 fully saturated rings. The lowest BCUT2D eigenvalue weighted by Gasteiger charge is -2.12. The van der Waals surface area contributed by atoms with Crippen LogP contribution < -0.4 is 15.2 Å². The van der Waals surface area contributed by atoms with Crippen molar-refractivity contribution in [3.05, 3.63) is 34.1 Å². The van der Waals surface area contributed by atoms with Crippen LogP contribution in [0.15, 0.2) is 27.9 Å². The molecule has 0 unspecified atom stereocenters. The van der Waals surface area contributed by atoms with Crippen molar-refractivity contribution < 1.29 is 9.47 Å². The Morgan fingerprint density at radius 3 is 2.77 bits per heavy atom. The van der Waals surface area contributed by atoms with E-state index >= 15 is 0 Å². The summed E-state index contributed by atoms with van der Waals surface area (Å²) in [7, 11) is 1.61. The number of aryl methyl sites for hydroxylation is 1. The van der Waals surface area contributed by atoms with Gasteiger partial charge >= 0.3 is 0 Å². The Balaban J connectivity index is 2.29. The summed E-state index contributed by atoms with van der Waals surface area (Å²) in [6.45, 7) is 4.56. The summed E-state index contributed by atoms with van der Waals surface area (Å²) in [5.41, 5.74) is 7.43. The molecule has 0 saturated heterocycles. The number of halogens is 1. The van der Waals surface area contributed by atoms with Gasteiger partial charge in [-0.1, -0.05) is 6.92 Å². The number of aromatic nitrogens is 2. The number of benzene rings is 1. The molecule has 1 aromatic carbocycles. The minimum atomic E-state index is 0.347. The fourth-order valence-electron chi connectivity index (χ4n) is 1.85. The van der Waals surface area contributed by atoms with Gasteiger partial charge in [-0.2, -0.15) is 5.10 Å². The van der Waals surface area contributed by atoms with E-state index in [0.29, 0.717) is 24.1 Å². The van der Waals surface area contributed by atoms with Crippen LogP contribution in [0, 0.1) is 6.92 Å². The van der Waals surface area contributed by atoms with Crippen LogP contribution in [0.2, 0.25) is 0 Å². The van der Waals surface area contributed by atoms with Gasteiger partial charge in [0, 0.05) is 10.0 Å². The van der Waals surface area contributed by atoms with Crippen LogP contribution in [-0.4, -0.2) is 29.6 Å². The summed E-state index contributed by atoms with van der Waals surface area (Å²) < 4.78 is 13.4.